The van der Waals surface area contributed by atoms with Crippen LogP contribution in [0.3, 0.4) is 0 Å². The third-order valence-corrected chi connectivity index (χ3v) is 2.80. The molecule has 0 amide bonds. The molecule has 4 N–H and O–H groups in total. The van der Waals surface area contributed by atoms with Crippen LogP contribution in [0, 0.1) is 6.92 Å². The molecule has 0 atom stereocenters. The van der Waals surface area contributed by atoms with Crippen molar-refractivity contribution in [3.05, 3.63) is 46.0 Å². The van der Waals surface area contributed by atoms with Crippen LogP contribution in [0.1, 0.15) is 25.2 Å². The number of benzene rings is 1. The van der Waals surface area contributed by atoms with E-state index < -0.39 is 0 Å². The summed E-state index contributed by atoms with van der Waals surface area (Å²) in [6.45, 7) is 6.18. The first-order valence-electron chi connectivity index (χ1n) is 6.81. The third kappa shape index (κ3) is 3.98. The Morgan fingerprint density at radius 2 is 2.19 bits per heavy atom. The minimum atomic E-state index is -0.332. The number of aromatic nitrogens is 2. The number of aryl methyl sites for hydroxylation is 1. The molecule has 6 nitrogen and oxygen atoms in total. The number of nitrogens with two attached hydrogens (primary N) is 1. The quantitative estimate of drug-likeness (QED) is 0.783. The molecule has 0 aliphatic carbocycles. The van der Waals surface area contributed by atoms with Crippen molar-refractivity contribution in [3.8, 4) is 5.75 Å². The number of nitrogen functional groups attached to an aromatic ring is 1. The number of aromatic amines is 1. The Morgan fingerprint density at radius 1 is 1.43 bits per heavy atom. The molecule has 0 saturated heterocycles. The van der Waals surface area contributed by atoms with Crippen LogP contribution < -0.4 is 21.3 Å². The van der Waals surface area contributed by atoms with E-state index in [9.17, 15) is 4.79 Å². The predicted molar refractivity (Wildman–Crippen MR) is 83.5 cm³/mol. The van der Waals surface area contributed by atoms with E-state index in [0.29, 0.717) is 18.2 Å². The van der Waals surface area contributed by atoms with Gasteiger partial charge in [0.15, 0.2) is 5.82 Å². The Balaban J connectivity index is 2.11. The van der Waals surface area contributed by atoms with Crippen LogP contribution in [0.5, 0.6) is 5.75 Å². The summed E-state index contributed by atoms with van der Waals surface area (Å²) in [7, 11) is 0. The van der Waals surface area contributed by atoms with Gasteiger partial charge >= 0.3 is 0 Å². The second-order valence-corrected chi connectivity index (χ2v) is 5.08. The van der Waals surface area contributed by atoms with E-state index in [1.165, 1.54) is 0 Å². The number of hydrogen-bond donors (Lipinski definition) is 3. The van der Waals surface area contributed by atoms with Crippen molar-refractivity contribution in [3.63, 3.8) is 0 Å². The summed E-state index contributed by atoms with van der Waals surface area (Å²) in [5, 5.41) is 3.08. The lowest BCUT2D eigenvalue weighted by molar-refractivity contribution is 0.242. The monoisotopic (exact) mass is 288 g/mol. The van der Waals surface area contributed by atoms with E-state index >= 15 is 0 Å². The molecule has 2 aromatic rings. The van der Waals surface area contributed by atoms with Crippen molar-refractivity contribution in [2.45, 2.75) is 33.4 Å². The summed E-state index contributed by atoms with van der Waals surface area (Å²) >= 11 is 0. The summed E-state index contributed by atoms with van der Waals surface area (Å²) < 4.78 is 5.65. The first-order chi connectivity index (χ1) is 9.95. The lowest BCUT2D eigenvalue weighted by Gasteiger charge is -2.12. The van der Waals surface area contributed by atoms with Crippen LogP contribution in [0.25, 0.3) is 0 Å². The summed E-state index contributed by atoms with van der Waals surface area (Å²) in [6.07, 6.45) is 0.126. The molecule has 0 spiro atoms. The molecule has 0 aliphatic heterocycles. The molecule has 0 bridgehead atoms. The first kappa shape index (κ1) is 14.9. The summed E-state index contributed by atoms with van der Waals surface area (Å²) in [4.78, 5) is 18.3. The van der Waals surface area contributed by atoms with Gasteiger partial charge in [0, 0.05) is 6.54 Å². The van der Waals surface area contributed by atoms with Crippen LogP contribution in [0.2, 0.25) is 0 Å². The molecule has 6 heteroatoms. The zero-order valence-electron chi connectivity index (χ0n) is 12.4. The Labute approximate surface area is 123 Å². The van der Waals surface area contributed by atoms with Gasteiger partial charge in [-0.25, -0.2) is 4.98 Å². The van der Waals surface area contributed by atoms with E-state index in [2.05, 4.69) is 15.3 Å². The van der Waals surface area contributed by atoms with E-state index in [-0.39, 0.29) is 17.4 Å². The molecule has 0 aliphatic rings. The van der Waals surface area contributed by atoms with E-state index in [0.717, 1.165) is 11.3 Å². The highest BCUT2D eigenvalue weighted by Gasteiger charge is 2.06. The minimum absolute atomic E-state index is 0.0928. The normalized spacial score (nSPS) is 10.7. The highest BCUT2D eigenvalue weighted by molar-refractivity contribution is 5.59. The molecule has 1 aromatic heterocycles. The van der Waals surface area contributed by atoms with E-state index in [4.69, 9.17) is 10.5 Å². The zero-order valence-corrected chi connectivity index (χ0v) is 12.4. The average molecular weight is 288 g/mol. The highest BCUT2D eigenvalue weighted by atomic mass is 16.5. The Kier molecular flexibility index (Phi) is 4.47. The molecule has 112 valence electrons. The number of rotatable bonds is 5. The zero-order chi connectivity index (χ0) is 15.4. The van der Waals surface area contributed by atoms with Crippen molar-refractivity contribution in [2.24, 2.45) is 0 Å². The largest absolute Gasteiger partial charge is 0.491 e. The predicted octanol–water partition coefficient (Wildman–Crippen LogP) is 2.06. The number of nitrogens with one attached hydrogen (secondary N) is 2. The molecule has 21 heavy (non-hydrogen) atoms. The van der Waals surface area contributed by atoms with Gasteiger partial charge in [0.1, 0.15) is 17.3 Å². The van der Waals surface area contributed by atoms with Crippen molar-refractivity contribution in [2.75, 3.05) is 11.1 Å². The van der Waals surface area contributed by atoms with Gasteiger partial charge in [-0.3, -0.25) is 4.79 Å². The summed E-state index contributed by atoms with van der Waals surface area (Å²) in [6, 6.07) is 7.75. The maximum Gasteiger partial charge on any atom is 0.276 e. The van der Waals surface area contributed by atoms with Gasteiger partial charge in [0.05, 0.1) is 6.10 Å². The molecule has 0 saturated carbocycles. The SMILES string of the molecule is Cc1nc(NCc2cccc(OC(C)C)c2)c(N)c(=O)[nH]1. The maximum absolute atomic E-state index is 11.6. The maximum atomic E-state index is 11.6. The summed E-state index contributed by atoms with van der Waals surface area (Å²) in [5.41, 5.74) is 6.50. The van der Waals surface area contributed by atoms with Gasteiger partial charge in [-0.1, -0.05) is 12.1 Å². The molecule has 1 heterocycles. The number of anilines is 2. The number of hydrogen-bond acceptors (Lipinski definition) is 5. The Bertz CT molecular complexity index is 680. The number of nitrogens with zero attached hydrogens (tertiary/aromatic N) is 1. The lowest BCUT2D eigenvalue weighted by Crippen LogP contribution is -2.18. The molecule has 1 aromatic carbocycles. The number of H-pyrrole nitrogens is 1. The lowest BCUT2D eigenvalue weighted by atomic mass is 10.2. The van der Waals surface area contributed by atoms with Crippen LogP contribution in [0.15, 0.2) is 29.1 Å². The molecule has 2 rings (SSSR count). The van der Waals surface area contributed by atoms with Crippen LogP contribution in [-0.4, -0.2) is 16.1 Å². The van der Waals surface area contributed by atoms with Crippen LogP contribution in [-0.2, 0) is 6.54 Å². The second kappa shape index (κ2) is 6.30. The van der Waals surface area contributed by atoms with Gasteiger partial charge in [-0.15, -0.1) is 0 Å². The van der Waals surface area contributed by atoms with Gasteiger partial charge in [-0.2, -0.15) is 0 Å². The minimum Gasteiger partial charge on any atom is -0.491 e. The van der Waals surface area contributed by atoms with Gasteiger partial charge in [0.2, 0.25) is 0 Å². The van der Waals surface area contributed by atoms with Crippen LogP contribution >= 0.6 is 0 Å². The summed E-state index contributed by atoms with van der Waals surface area (Å²) in [5.74, 6) is 1.73. The molecular formula is C15H20N4O2. The first-order valence-corrected chi connectivity index (χ1v) is 6.81. The van der Waals surface area contributed by atoms with Gasteiger partial charge in [-0.05, 0) is 38.5 Å². The topological polar surface area (TPSA) is 93.0 Å². The number of ether oxygens (including phenoxy) is 1. The van der Waals surface area contributed by atoms with E-state index in [1.54, 1.807) is 6.92 Å². The fourth-order valence-electron chi connectivity index (χ4n) is 1.92. The molecule has 0 fully saturated rings. The third-order valence-electron chi connectivity index (χ3n) is 2.80. The van der Waals surface area contributed by atoms with Crippen molar-refractivity contribution in [1.29, 1.82) is 0 Å². The molecule has 0 radical (unpaired) electrons. The van der Waals surface area contributed by atoms with Gasteiger partial charge in [0.25, 0.3) is 5.56 Å². The molecule has 0 unspecified atom stereocenters. The Morgan fingerprint density at radius 3 is 2.90 bits per heavy atom. The fraction of sp³-hybridized carbons (Fsp3) is 0.333. The Hall–Kier alpha value is -2.50. The smallest absolute Gasteiger partial charge is 0.276 e. The van der Waals surface area contributed by atoms with Crippen molar-refractivity contribution in [1.82, 2.24) is 9.97 Å². The van der Waals surface area contributed by atoms with E-state index in [1.807, 2.05) is 38.1 Å². The van der Waals surface area contributed by atoms with Crippen molar-refractivity contribution < 1.29 is 4.74 Å². The van der Waals surface area contributed by atoms with Gasteiger partial charge < -0.3 is 20.8 Å². The molecular weight excluding hydrogens is 268 g/mol. The van der Waals surface area contributed by atoms with Crippen LogP contribution in [0.4, 0.5) is 11.5 Å². The standard InChI is InChI=1S/C15H20N4O2/c1-9(2)21-12-6-4-5-11(7-12)8-17-14-13(16)15(20)19-10(3)18-14/h4-7,9H,8,16H2,1-3H3,(H2,17,18,19,20). The fourth-order valence-corrected chi connectivity index (χ4v) is 1.92. The van der Waals surface area contributed by atoms with Crippen molar-refractivity contribution >= 4 is 11.5 Å². The highest BCUT2D eigenvalue weighted by Crippen LogP contribution is 2.17. The average Bonchev–Trinajstić information content (AvgIpc) is 2.41. The second-order valence-electron chi connectivity index (χ2n) is 5.08.